The molecule has 2 aliphatic heterocycles. The summed E-state index contributed by atoms with van der Waals surface area (Å²) in [6.45, 7) is 6.81. The Bertz CT molecular complexity index is 462. The van der Waals surface area contributed by atoms with Crippen molar-refractivity contribution in [2.45, 2.75) is 45.1 Å². The average molecular weight is 275 g/mol. The lowest BCUT2D eigenvalue weighted by Crippen LogP contribution is -2.37. The molecule has 0 amide bonds. The molecule has 0 bridgehead atoms. The molecule has 2 N–H and O–H groups in total. The molecule has 0 saturated carbocycles. The predicted molar refractivity (Wildman–Crippen MR) is 81.9 cm³/mol. The van der Waals surface area contributed by atoms with E-state index in [0.29, 0.717) is 11.9 Å². The van der Waals surface area contributed by atoms with E-state index in [2.05, 4.69) is 21.7 Å². The van der Waals surface area contributed by atoms with E-state index in [9.17, 15) is 0 Å². The molecule has 0 aliphatic carbocycles. The molecule has 2 fully saturated rings. The lowest BCUT2D eigenvalue weighted by Gasteiger charge is -2.26. The number of hydrogen-bond acceptors (Lipinski definition) is 5. The van der Waals surface area contributed by atoms with E-state index in [-0.39, 0.29) is 0 Å². The normalized spacial score (nSPS) is 23.6. The fraction of sp³-hybridized carbons (Fsp3) is 0.733. The molecule has 1 atom stereocenters. The molecule has 1 unspecified atom stereocenters. The Labute approximate surface area is 121 Å². The summed E-state index contributed by atoms with van der Waals surface area (Å²) in [6.07, 6.45) is 5.83. The highest BCUT2D eigenvalue weighted by molar-refractivity contribution is 5.47. The van der Waals surface area contributed by atoms with Crippen molar-refractivity contribution in [2.24, 2.45) is 0 Å². The number of rotatable bonds is 3. The number of hydrogen-bond donors (Lipinski definition) is 1. The van der Waals surface area contributed by atoms with Crippen LogP contribution in [0.5, 0.6) is 0 Å². The van der Waals surface area contributed by atoms with E-state index >= 15 is 0 Å². The van der Waals surface area contributed by atoms with Crippen molar-refractivity contribution < 1.29 is 0 Å². The second-order valence-electron chi connectivity index (χ2n) is 5.95. The number of nitrogens with two attached hydrogens (primary N) is 1. The lowest BCUT2D eigenvalue weighted by molar-refractivity contribution is 0.273. The van der Waals surface area contributed by atoms with E-state index in [1.54, 1.807) is 0 Å². The van der Waals surface area contributed by atoms with Crippen LogP contribution in [0.1, 0.15) is 38.4 Å². The van der Waals surface area contributed by atoms with Crippen LogP contribution in [0.3, 0.4) is 0 Å². The van der Waals surface area contributed by atoms with E-state index in [1.165, 1.54) is 32.4 Å². The van der Waals surface area contributed by atoms with Crippen LogP contribution in [0.4, 0.5) is 11.6 Å². The highest BCUT2D eigenvalue weighted by Crippen LogP contribution is 2.24. The quantitative estimate of drug-likeness (QED) is 0.909. The van der Waals surface area contributed by atoms with Crippen LogP contribution < -0.4 is 10.6 Å². The van der Waals surface area contributed by atoms with Gasteiger partial charge in [-0.25, -0.2) is 9.97 Å². The monoisotopic (exact) mass is 275 g/mol. The van der Waals surface area contributed by atoms with Gasteiger partial charge in [0.15, 0.2) is 0 Å². The summed E-state index contributed by atoms with van der Waals surface area (Å²) < 4.78 is 0. The fourth-order valence-electron chi connectivity index (χ4n) is 3.42. The largest absolute Gasteiger partial charge is 0.384 e. The molecule has 2 saturated heterocycles. The highest BCUT2D eigenvalue weighted by atomic mass is 15.3. The van der Waals surface area contributed by atoms with Crippen LogP contribution in [0.2, 0.25) is 0 Å². The Morgan fingerprint density at radius 3 is 2.95 bits per heavy atom. The SMILES string of the molecule is CCCc1nc(N)cc(N2CCCN3CCCC3C2)n1. The van der Waals surface area contributed by atoms with Gasteiger partial charge in [-0.3, -0.25) is 4.90 Å². The molecule has 5 nitrogen and oxygen atoms in total. The van der Waals surface area contributed by atoms with Gasteiger partial charge >= 0.3 is 0 Å². The fourth-order valence-corrected chi connectivity index (χ4v) is 3.42. The molecule has 3 rings (SSSR count). The topological polar surface area (TPSA) is 58.3 Å². The third-order valence-electron chi connectivity index (χ3n) is 4.38. The van der Waals surface area contributed by atoms with Gasteiger partial charge in [-0.2, -0.15) is 0 Å². The molecule has 2 aliphatic rings. The van der Waals surface area contributed by atoms with Crippen LogP contribution >= 0.6 is 0 Å². The Morgan fingerprint density at radius 2 is 2.10 bits per heavy atom. The third-order valence-corrected chi connectivity index (χ3v) is 4.38. The average Bonchev–Trinajstić information content (AvgIpc) is 2.75. The molecular weight excluding hydrogens is 250 g/mol. The van der Waals surface area contributed by atoms with Gasteiger partial charge in [0.05, 0.1) is 0 Å². The number of nitrogen functional groups attached to an aromatic ring is 1. The second-order valence-corrected chi connectivity index (χ2v) is 5.95. The minimum Gasteiger partial charge on any atom is -0.384 e. The van der Waals surface area contributed by atoms with Gasteiger partial charge in [0.25, 0.3) is 0 Å². The van der Waals surface area contributed by atoms with E-state index in [1.807, 2.05) is 6.07 Å². The first-order valence-corrected chi connectivity index (χ1v) is 7.88. The molecule has 3 heterocycles. The molecule has 1 aromatic heterocycles. The third kappa shape index (κ3) is 2.87. The highest BCUT2D eigenvalue weighted by Gasteiger charge is 2.29. The second kappa shape index (κ2) is 5.95. The van der Waals surface area contributed by atoms with Crippen molar-refractivity contribution in [3.05, 3.63) is 11.9 Å². The summed E-state index contributed by atoms with van der Waals surface area (Å²) in [4.78, 5) is 14.1. The Balaban J connectivity index is 1.80. The standard InChI is InChI=1S/C15H25N5/c1-2-5-14-17-13(16)10-15(18-14)20-9-4-8-19-7-3-6-12(19)11-20/h10,12H,2-9,11H2,1H3,(H2,16,17,18). The summed E-state index contributed by atoms with van der Waals surface area (Å²) in [5.74, 6) is 2.51. The molecule has 0 spiro atoms. The van der Waals surface area contributed by atoms with Crippen molar-refractivity contribution in [2.75, 3.05) is 36.8 Å². The Hall–Kier alpha value is -1.36. The maximum Gasteiger partial charge on any atom is 0.134 e. The van der Waals surface area contributed by atoms with Gasteiger partial charge in [0, 0.05) is 38.2 Å². The van der Waals surface area contributed by atoms with Crippen LogP contribution in [-0.4, -0.2) is 47.1 Å². The summed E-state index contributed by atoms with van der Waals surface area (Å²) in [7, 11) is 0. The van der Waals surface area contributed by atoms with Gasteiger partial charge in [-0.05, 0) is 32.2 Å². The molecule has 5 heteroatoms. The number of fused-ring (bicyclic) bond motifs is 1. The molecular formula is C15H25N5. The van der Waals surface area contributed by atoms with Gasteiger partial charge in [0.1, 0.15) is 17.5 Å². The summed E-state index contributed by atoms with van der Waals surface area (Å²) in [6, 6.07) is 2.63. The van der Waals surface area contributed by atoms with E-state index in [4.69, 9.17) is 10.7 Å². The van der Waals surface area contributed by atoms with Crippen molar-refractivity contribution in [3.8, 4) is 0 Å². The van der Waals surface area contributed by atoms with E-state index < -0.39 is 0 Å². The van der Waals surface area contributed by atoms with Crippen LogP contribution in [0, 0.1) is 0 Å². The van der Waals surface area contributed by atoms with Crippen LogP contribution in [0.15, 0.2) is 6.07 Å². The zero-order valence-corrected chi connectivity index (χ0v) is 12.4. The first-order valence-electron chi connectivity index (χ1n) is 7.88. The van der Waals surface area contributed by atoms with Crippen molar-refractivity contribution in [1.29, 1.82) is 0 Å². The molecule has 0 aromatic carbocycles. The molecule has 110 valence electrons. The van der Waals surface area contributed by atoms with E-state index in [0.717, 1.165) is 37.6 Å². The maximum atomic E-state index is 5.95. The number of anilines is 2. The number of nitrogens with zero attached hydrogens (tertiary/aromatic N) is 4. The Morgan fingerprint density at radius 1 is 1.25 bits per heavy atom. The van der Waals surface area contributed by atoms with Crippen molar-refractivity contribution >= 4 is 11.6 Å². The smallest absolute Gasteiger partial charge is 0.134 e. The molecule has 20 heavy (non-hydrogen) atoms. The van der Waals surface area contributed by atoms with Gasteiger partial charge in [0.2, 0.25) is 0 Å². The van der Waals surface area contributed by atoms with Crippen molar-refractivity contribution in [3.63, 3.8) is 0 Å². The number of aryl methyl sites for hydroxylation is 1. The summed E-state index contributed by atoms with van der Waals surface area (Å²) in [5.41, 5.74) is 5.95. The summed E-state index contributed by atoms with van der Waals surface area (Å²) in [5, 5.41) is 0. The number of aromatic nitrogens is 2. The first-order chi connectivity index (χ1) is 9.76. The maximum absolute atomic E-state index is 5.95. The van der Waals surface area contributed by atoms with Gasteiger partial charge < -0.3 is 10.6 Å². The zero-order valence-electron chi connectivity index (χ0n) is 12.4. The minimum atomic E-state index is 0.603. The molecule has 0 radical (unpaired) electrons. The van der Waals surface area contributed by atoms with Gasteiger partial charge in [-0.1, -0.05) is 6.92 Å². The zero-order chi connectivity index (χ0) is 13.9. The minimum absolute atomic E-state index is 0.603. The summed E-state index contributed by atoms with van der Waals surface area (Å²) >= 11 is 0. The first kappa shape index (κ1) is 13.6. The predicted octanol–water partition coefficient (Wildman–Crippen LogP) is 1.69. The lowest BCUT2D eigenvalue weighted by atomic mass is 10.2. The van der Waals surface area contributed by atoms with Crippen LogP contribution in [-0.2, 0) is 6.42 Å². The van der Waals surface area contributed by atoms with Crippen molar-refractivity contribution in [1.82, 2.24) is 14.9 Å². The van der Waals surface area contributed by atoms with Gasteiger partial charge in [-0.15, -0.1) is 0 Å². The Kier molecular flexibility index (Phi) is 4.05. The van der Waals surface area contributed by atoms with Crippen LogP contribution in [0.25, 0.3) is 0 Å². The molecule has 1 aromatic rings.